The molecule has 0 spiro atoms. The molecule has 0 aliphatic carbocycles. The minimum atomic E-state index is -3.06. The van der Waals surface area contributed by atoms with Crippen LogP contribution in [-0.4, -0.2) is 42.5 Å². The maximum atomic E-state index is 11.4. The van der Waals surface area contributed by atoms with Gasteiger partial charge in [0, 0.05) is 23.4 Å². The van der Waals surface area contributed by atoms with Crippen molar-refractivity contribution < 1.29 is 18.3 Å². The lowest BCUT2D eigenvalue weighted by Crippen LogP contribution is -2.20. The summed E-state index contributed by atoms with van der Waals surface area (Å²) in [4.78, 5) is 15.5. The molecule has 0 aromatic carbocycles. The maximum Gasteiger partial charge on any atom is 0.335 e. The van der Waals surface area contributed by atoms with Crippen LogP contribution in [0.2, 0.25) is 0 Å². The van der Waals surface area contributed by atoms with Crippen molar-refractivity contribution in [3.63, 3.8) is 0 Å². The number of aromatic nitrogens is 1. The number of nitrogens with zero attached hydrogens (tertiary/aromatic N) is 1. The standard InChI is InChI=1S/C14H22N2O4S/c1-5-21(19,20)7-6-15-12-9-10(13(17)18)8-11(16-12)14(2,3)4/h8-9H,5-7H2,1-4H3,(H,15,16)(H,17,18). The molecule has 1 heterocycles. The van der Waals surface area contributed by atoms with E-state index >= 15 is 0 Å². The average molecular weight is 314 g/mol. The molecule has 0 atom stereocenters. The van der Waals surface area contributed by atoms with Crippen molar-refractivity contribution >= 4 is 21.6 Å². The van der Waals surface area contributed by atoms with Gasteiger partial charge in [0.2, 0.25) is 0 Å². The molecule has 0 unspecified atom stereocenters. The fraction of sp³-hybridized carbons (Fsp3) is 0.571. The topological polar surface area (TPSA) is 96.4 Å². The van der Waals surface area contributed by atoms with Crippen LogP contribution < -0.4 is 5.32 Å². The molecular formula is C14H22N2O4S. The number of carboxylic acids is 1. The summed E-state index contributed by atoms with van der Waals surface area (Å²) in [6.45, 7) is 7.61. The van der Waals surface area contributed by atoms with E-state index in [-0.39, 0.29) is 29.0 Å². The first-order chi connectivity index (χ1) is 9.55. The van der Waals surface area contributed by atoms with Crippen molar-refractivity contribution in [1.29, 1.82) is 0 Å². The molecule has 7 heteroatoms. The summed E-state index contributed by atoms with van der Waals surface area (Å²) >= 11 is 0. The zero-order chi connectivity index (χ0) is 16.3. The van der Waals surface area contributed by atoms with Gasteiger partial charge < -0.3 is 10.4 Å². The SMILES string of the molecule is CCS(=O)(=O)CCNc1cc(C(=O)O)cc(C(C)(C)C)n1. The van der Waals surface area contributed by atoms with Crippen LogP contribution in [0.4, 0.5) is 5.82 Å². The van der Waals surface area contributed by atoms with E-state index in [1.807, 2.05) is 20.8 Å². The highest BCUT2D eigenvalue weighted by atomic mass is 32.2. The molecule has 0 radical (unpaired) electrons. The number of pyridine rings is 1. The number of sulfone groups is 1. The summed E-state index contributed by atoms with van der Waals surface area (Å²) in [6, 6.07) is 2.95. The molecule has 1 rings (SSSR count). The van der Waals surface area contributed by atoms with Gasteiger partial charge in [-0.1, -0.05) is 27.7 Å². The molecule has 6 nitrogen and oxygen atoms in total. The van der Waals surface area contributed by atoms with Crippen LogP contribution >= 0.6 is 0 Å². The van der Waals surface area contributed by atoms with Gasteiger partial charge in [-0.15, -0.1) is 0 Å². The number of aromatic carboxylic acids is 1. The highest BCUT2D eigenvalue weighted by Gasteiger charge is 2.19. The number of carbonyl (C=O) groups is 1. The summed E-state index contributed by atoms with van der Waals surface area (Å²) in [5.41, 5.74) is 0.483. The third kappa shape index (κ3) is 5.34. The Balaban J connectivity index is 2.97. The molecule has 0 fully saturated rings. The third-order valence-electron chi connectivity index (χ3n) is 3.00. The third-order valence-corrected chi connectivity index (χ3v) is 4.71. The molecule has 21 heavy (non-hydrogen) atoms. The van der Waals surface area contributed by atoms with Crippen molar-refractivity contribution in [2.24, 2.45) is 0 Å². The van der Waals surface area contributed by atoms with Crippen LogP contribution in [0.3, 0.4) is 0 Å². The number of carboxylic acid groups (broad SMARTS) is 1. The Morgan fingerprint density at radius 2 is 1.95 bits per heavy atom. The summed E-state index contributed by atoms with van der Waals surface area (Å²) in [5, 5.41) is 12.0. The monoisotopic (exact) mass is 314 g/mol. The molecule has 0 bridgehead atoms. The summed E-state index contributed by atoms with van der Waals surface area (Å²) in [7, 11) is -3.06. The first-order valence-corrected chi connectivity index (χ1v) is 8.57. The Kier molecular flexibility index (Phi) is 5.33. The summed E-state index contributed by atoms with van der Waals surface area (Å²) < 4.78 is 22.9. The number of hydrogen-bond acceptors (Lipinski definition) is 5. The second-order valence-electron chi connectivity index (χ2n) is 5.84. The molecule has 0 aliphatic rings. The van der Waals surface area contributed by atoms with Gasteiger partial charge in [0.05, 0.1) is 11.3 Å². The van der Waals surface area contributed by atoms with Crippen molar-refractivity contribution in [2.45, 2.75) is 33.1 Å². The molecule has 0 aliphatic heterocycles. The van der Waals surface area contributed by atoms with Crippen LogP contribution in [0.15, 0.2) is 12.1 Å². The maximum absolute atomic E-state index is 11.4. The van der Waals surface area contributed by atoms with E-state index < -0.39 is 15.8 Å². The van der Waals surface area contributed by atoms with Gasteiger partial charge in [0.25, 0.3) is 0 Å². The number of nitrogens with one attached hydrogen (secondary N) is 1. The lowest BCUT2D eigenvalue weighted by Gasteiger charge is -2.19. The van der Waals surface area contributed by atoms with Gasteiger partial charge in [-0.25, -0.2) is 18.2 Å². The lowest BCUT2D eigenvalue weighted by molar-refractivity contribution is 0.0696. The van der Waals surface area contributed by atoms with Gasteiger partial charge in [-0.3, -0.25) is 0 Å². The quantitative estimate of drug-likeness (QED) is 0.833. The molecular weight excluding hydrogens is 292 g/mol. The van der Waals surface area contributed by atoms with E-state index in [1.165, 1.54) is 12.1 Å². The van der Waals surface area contributed by atoms with Crippen LogP contribution in [0.5, 0.6) is 0 Å². The van der Waals surface area contributed by atoms with Crippen LogP contribution in [0, 0.1) is 0 Å². The van der Waals surface area contributed by atoms with E-state index in [4.69, 9.17) is 5.11 Å². The Morgan fingerprint density at radius 1 is 1.33 bits per heavy atom. The zero-order valence-corrected chi connectivity index (χ0v) is 13.6. The van der Waals surface area contributed by atoms with Gasteiger partial charge in [0.15, 0.2) is 9.84 Å². The summed E-state index contributed by atoms with van der Waals surface area (Å²) in [5.74, 6) is -0.573. The molecule has 1 aromatic rings. The minimum absolute atomic E-state index is 0.00662. The van der Waals surface area contributed by atoms with E-state index in [0.29, 0.717) is 11.5 Å². The molecule has 118 valence electrons. The lowest BCUT2D eigenvalue weighted by atomic mass is 9.91. The first-order valence-electron chi connectivity index (χ1n) is 6.75. The normalized spacial score (nSPS) is 12.2. The molecule has 0 saturated heterocycles. The Bertz CT molecular complexity index is 618. The number of hydrogen-bond donors (Lipinski definition) is 2. The molecule has 2 N–H and O–H groups in total. The highest BCUT2D eigenvalue weighted by Crippen LogP contribution is 2.23. The molecule has 1 aromatic heterocycles. The second kappa shape index (κ2) is 6.43. The Morgan fingerprint density at radius 3 is 2.43 bits per heavy atom. The van der Waals surface area contributed by atoms with E-state index in [1.54, 1.807) is 6.92 Å². The van der Waals surface area contributed by atoms with Crippen LogP contribution in [0.1, 0.15) is 43.7 Å². The average Bonchev–Trinajstić information content (AvgIpc) is 2.37. The van der Waals surface area contributed by atoms with Crippen molar-refractivity contribution in [3.8, 4) is 0 Å². The summed E-state index contributed by atoms with van der Waals surface area (Å²) in [6.07, 6.45) is 0. The van der Waals surface area contributed by atoms with Crippen molar-refractivity contribution in [3.05, 3.63) is 23.4 Å². The van der Waals surface area contributed by atoms with Crippen molar-refractivity contribution in [1.82, 2.24) is 4.98 Å². The minimum Gasteiger partial charge on any atom is -0.478 e. The van der Waals surface area contributed by atoms with Crippen LogP contribution in [-0.2, 0) is 15.3 Å². The predicted molar refractivity (Wildman–Crippen MR) is 82.7 cm³/mol. The van der Waals surface area contributed by atoms with Gasteiger partial charge >= 0.3 is 5.97 Å². The van der Waals surface area contributed by atoms with Gasteiger partial charge in [-0.05, 0) is 12.1 Å². The predicted octanol–water partition coefficient (Wildman–Crippen LogP) is 1.92. The Labute approximate surface area is 125 Å². The second-order valence-corrected chi connectivity index (χ2v) is 8.32. The zero-order valence-electron chi connectivity index (χ0n) is 12.8. The fourth-order valence-corrected chi connectivity index (χ4v) is 2.31. The number of rotatable bonds is 6. The molecule has 0 amide bonds. The largest absolute Gasteiger partial charge is 0.478 e. The highest BCUT2D eigenvalue weighted by molar-refractivity contribution is 7.91. The van der Waals surface area contributed by atoms with E-state index in [9.17, 15) is 13.2 Å². The number of anilines is 1. The van der Waals surface area contributed by atoms with E-state index in [0.717, 1.165) is 0 Å². The van der Waals surface area contributed by atoms with E-state index in [2.05, 4.69) is 10.3 Å². The Hall–Kier alpha value is -1.63. The van der Waals surface area contributed by atoms with Gasteiger partial charge in [-0.2, -0.15) is 0 Å². The molecule has 0 saturated carbocycles. The fourth-order valence-electron chi connectivity index (χ4n) is 1.61. The van der Waals surface area contributed by atoms with Crippen LogP contribution in [0.25, 0.3) is 0 Å². The van der Waals surface area contributed by atoms with Gasteiger partial charge in [0.1, 0.15) is 5.82 Å². The van der Waals surface area contributed by atoms with Crippen molar-refractivity contribution in [2.75, 3.05) is 23.4 Å². The first kappa shape index (κ1) is 17.4. The smallest absolute Gasteiger partial charge is 0.335 e.